The smallest absolute Gasteiger partial charge is 0.251 e. The summed E-state index contributed by atoms with van der Waals surface area (Å²) in [5.74, 6) is 1.19. The Hall–Kier alpha value is -3.15. The van der Waals surface area contributed by atoms with Crippen LogP contribution >= 0.6 is 0 Å². The Balaban J connectivity index is 1.23. The molecule has 0 saturated carbocycles. The number of likely N-dealkylation sites (tertiary alicyclic amines) is 1. The van der Waals surface area contributed by atoms with Gasteiger partial charge in [-0.1, -0.05) is 74.5 Å². The summed E-state index contributed by atoms with van der Waals surface area (Å²) >= 11 is 0. The highest BCUT2D eigenvalue weighted by atomic mass is 16.5. The molecule has 1 aliphatic heterocycles. The number of hydrogen-bond acceptors (Lipinski definition) is 4. The molecule has 0 atom stereocenters. The van der Waals surface area contributed by atoms with Gasteiger partial charge in [-0.2, -0.15) is 0 Å². The van der Waals surface area contributed by atoms with Crippen molar-refractivity contribution in [2.75, 3.05) is 45.8 Å². The van der Waals surface area contributed by atoms with Crippen LogP contribution in [0.4, 0.5) is 0 Å². The largest absolute Gasteiger partial charge is 0.490 e. The third kappa shape index (κ3) is 8.17. The van der Waals surface area contributed by atoms with E-state index >= 15 is 0 Å². The van der Waals surface area contributed by atoms with Crippen LogP contribution in [-0.2, 0) is 0 Å². The van der Waals surface area contributed by atoms with E-state index in [1.54, 1.807) is 0 Å². The fourth-order valence-corrected chi connectivity index (χ4v) is 5.27. The van der Waals surface area contributed by atoms with Gasteiger partial charge in [0.1, 0.15) is 11.9 Å². The third-order valence-corrected chi connectivity index (χ3v) is 7.63. The molecule has 202 valence electrons. The second-order valence-electron chi connectivity index (χ2n) is 10.2. The quantitative estimate of drug-likeness (QED) is 0.292. The Bertz CT molecular complexity index is 1040. The van der Waals surface area contributed by atoms with Gasteiger partial charge in [-0.25, -0.2) is 0 Å². The predicted octanol–water partition coefficient (Wildman–Crippen LogP) is 5.82. The van der Waals surface area contributed by atoms with Crippen molar-refractivity contribution >= 4 is 5.91 Å². The highest BCUT2D eigenvalue weighted by Gasteiger charge is 2.24. The Kier molecular flexibility index (Phi) is 10.8. The summed E-state index contributed by atoms with van der Waals surface area (Å²) in [6, 6.07) is 29.3. The summed E-state index contributed by atoms with van der Waals surface area (Å²) < 4.78 is 6.30. The monoisotopic (exact) mass is 513 g/mol. The summed E-state index contributed by atoms with van der Waals surface area (Å²) in [5.41, 5.74) is 3.41. The molecule has 3 aromatic rings. The summed E-state index contributed by atoms with van der Waals surface area (Å²) in [6.07, 6.45) is 3.18. The number of nitrogens with one attached hydrogen (secondary N) is 1. The molecule has 4 rings (SSSR count). The molecule has 1 N–H and O–H groups in total. The normalized spacial score (nSPS) is 14.6. The van der Waals surface area contributed by atoms with Crippen molar-refractivity contribution in [3.8, 4) is 5.75 Å². The maximum atomic E-state index is 12.5. The zero-order valence-electron chi connectivity index (χ0n) is 23.0. The zero-order valence-corrected chi connectivity index (χ0v) is 23.0. The lowest BCUT2D eigenvalue weighted by molar-refractivity contribution is 0.0950. The fourth-order valence-electron chi connectivity index (χ4n) is 5.27. The maximum Gasteiger partial charge on any atom is 0.251 e. The van der Waals surface area contributed by atoms with Gasteiger partial charge >= 0.3 is 0 Å². The molecule has 38 heavy (non-hydrogen) atoms. The minimum absolute atomic E-state index is 0.0178. The Morgan fingerprint density at radius 2 is 1.47 bits per heavy atom. The average molecular weight is 514 g/mol. The number of carbonyl (C=O) groups is 1. The van der Waals surface area contributed by atoms with Crippen molar-refractivity contribution in [2.24, 2.45) is 0 Å². The van der Waals surface area contributed by atoms with Crippen LogP contribution in [-0.4, -0.2) is 67.6 Å². The van der Waals surface area contributed by atoms with Crippen molar-refractivity contribution in [1.29, 1.82) is 0 Å². The van der Waals surface area contributed by atoms with Crippen LogP contribution in [0, 0.1) is 0 Å². The fraction of sp³-hybridized carbons (Fsp3) is 0.424. The van der Waals surface area contributed by atoms with Gasteiger partial charge in [0, 0.05) is 37.7 Å². The first kappa shape index (κ1) is 27.9. The van der Waals surface area contributed by atoms with E-state index in [1.807, 2.05) is 24.3 Å². The number of hydrogen-bond donors (Lipinski definition) is 1. The third-order valence-electron chi connectivity index (χ3n) is 7.63. The van der Waals surface area contributed by atoms with Crippen LogP contribution in [0.25, 0.3) is 0 Å². The molecule has 0 radical (unpaired) electrons. The van der Waals surface area contributed by atoms with Crippen molar-refractivity contribution < 1.29 is 9.53 Å². The van der Waals surface area contributed by atoms with Crippen molar-refractivity contribution in [3.63, 3.8) is 0 Å². The van der Waals surface area contributed by atoms with Crippen molar-refractivity contribution in [1.82, 2.24) is 15.1 Å². The van der Waals surface area contributed by atoms with E-state index in [9.17, 15) is 4.79 Å². The van der Waals surface area contributed by atoms with Crippen LogP contribution in [0.3, 0.4) is 0 Å². The van der Waals surface area contributed by atoms with E-state index in [4.69, 9.17) is 4.74 Å². The van der Waals surface area contributed by atoms with E-state index in [1.165, 1.54) is 11.1 Å². The number of amides is 1. The minimum atomic E-state index is -0.0178. The Morgan fingerprint density at radius 3 is 2.03 bits per heavy atom. The van der Waals surface area contributed by atoms with Crippen LogP contribution in [0.5, 0.6) is 5.75 Å². The van der Waals surface area contributed by atoms with Crippen LogP contribution in [0.15, 0.2) is 84.9 Å². The predicted molar refractivity (Wildman–Crippen MR) is 156 cm³/mol. The minimum Gasteiger partial charge on any atom is -0.490 e. The number of piperidine rings is 1. The number of carbonyl (C=O) groups excluding carboxylic acids is 1. The van der Waals surface area contributed by atoms with E-state index in [2.05, 4.69) is 89.6 Å². The van der Waals surface area contributed by atoms with E-state index in [0.29, 0.717) is 18.0 Å². The SMILES string of the molecule is CCN(CC)CCCNC(=O)c1ccc(OC2CCN(CC(c3ccccc3)c3ccccc3)CC2)cc1. The molecule has 1 heterocycles. The lowest BCUT2D eigenvalue weighted by atomic mass is 9.90. The number of rotatable bonds is 13. The van der Waals surface area contributed by atoms with Crippen LogP contribution < -0.4 is 10.1 Å². The molecule has 0 spiro atoms. The first-order valence-corrected chi connectivity index (χ1v) is 14.3. The van der Waals surface area contributed by atoms with Crippen LogP contribution in [0.2, 0.25) is 0 Å². The topological polar surface area (TPSA) is 44.8 Å². The van der Waals surface area contributed by atoms with Gasteiger partial charge in [-0.05, 0) is 74.3 Å². The highest BCUT2D eigenvalue weighted by Crippen LogP contribution is 2.27. The molecule has 0 aromatic heterocycles. The summed E-state index contributed by atoms with van der Waals surface area (Å²) in [4.78, 5) is 17.4. The second kappa shape index (κ2) is 14.7. The highest BCUT2D eigenvalue weighted by molar-refractivity contribution is 5.94. The van der Waals surface area contributed by atoms with E-state index < -0.39 is 0 Å². The molecule has 1 aliphatic rings. The van der Waals surface area contributed by atoms with Gasteiger partial charge in [0.25, 0.3) is 5.91 Å². The first-order chi connectivity index (χ1) is 18.7. The summed E-state index contributed by atoms with van der Waals surface area (Å²) in [7, 11) is 0. The molecule has 0 unspecified atom stereocenters. The number of benzene rings is 3. The summed E-state index contributed by atoms with van der Waals surface area (Å²) in [6.45, 7) is 11.2. The molecule has 3 aromatic carbocycles. The van der Waals surface area contributed by atoms with E-state index in [-0.39, 0.29) is 12.0 Å². The first-order valence-electron chi connectivity index (χ1n) is 14.3. The van der Waals surface area contributed by atoms with Gasteiger partial charge in [0.2, 0.25) is 0 Å². The molecular formula is C33H43N3O2. The number of nitrogens with zero attached hydrogens (tertiary/aromatic N) is 2. The van der Waals surface area contributed by atoms with Crippen molar-refractivity contribution in [2.45, 2.75) is 45.1 Å². The molecule has 0 bridgehead atoms. The molecule has 1 fully saturated rings. The molecular weight excluding hydrogens is 470 g/mol. The molecule has 1 amide bonds. The molecule has 5 heteroatoms. The lowest BCUT2D eigenvalue weighted by Crippen LogP contribution is -2.40. The molecule has 1 saturated heterocycles. The summed E-state index contributed by atoms with van der Waals surface area (Å²) in [5, 5.41) is 3.04. The molecule has 0 aliphatic carbocycles. The zero-order chi connectivity index (χ0) is 26.6. The van der Waals surface area contributed by atoms with E-state index in [0.717, 1.165) is 64.3 Å². The van der Waals surface area contributed by atoms with Gasteiger partial charge < -0.3 is 19.9 Å². The van der Waals surface area contributed by atoms with Gasteiger partial charge in [0.15, 0.2) is 0 Å². The van der Waals surface area contributed by atoms with Gasteiger partial charge in [0.05, 0.1) is 0 Å². The standard InChI is InChI=1S/C33H43N3O2/c1-3-35(4-2)23-11-22-34-33(37)29-16-18-30(19-17-29)38-31-20-24-36(25-21-31)26-32(27-12-7-5-8-13-27)28-14-9-6-10-15-28/h5-10,12-19,31-32H,3-4,11,20-26H2,1-2H3,(H,34,37). The van der Waals surface area contributed by atoms with Crippen molar-refractivity contribution in [3.05, 3.63) is 102 Å². The van der Waals surface area contributed by atoms with Gasteiger partial charge in [-0.15, -0.1) is 0 Å². The molecule has 5 nitrogen and oxygen atoms in total. The lowest BCUT2D eigenvalue weighted by Gasteiger charge is -2.34. The van der Waals surface area contributed by atoms with Crippen LogP contribution in [0.1, 0.15) is 60.5 Å². The Labute approximate surface area is 228 Å². The second-order valence-corrected chi connectivity index (χ2v) is 10.2. The Morgan fingerprint density at radius 1 is 0.895 bits per heavy atom. The number of ether oxygens (including phenoxy) is 1. The van der Waals surface area contributed by atoms with Gasteiger partial charge in [-0.3, -0.25) is 4.79 Å². The average Bonchev–Trinajstić information content (AvgIpc) is 2.98. The maximum absolute atomic E-state index is 12.5.